The number of halogens is 1. The Bertz CT molecular complexity index is 673. The lowest BCUT2D eigenvalue weighted by Crippen LogP contribution is -2.28. The van der Waals surface area contributed by atoms with Gasteiger partial charge in [0.25, 0.3) is 0 Å². The smallest absolute Gasteiger partial charge is 0.241 e. The Morgan fingerprint density at radius 1 is 1.30 bits per heavy atom. The van der Waals surface area contributed by atoms with E-state index in [1.54, 1.807) is 37.0 Å². The first-order valence-corrected chi connectivity index (χ1v) is 7.62. The largest absolute Gasteiger partial charge is 0.271 e. The quantitative estimate of drug-likeness (QED) is 0.912. The molecule has 108 valence electrons. The lowest BCUT2D eigenvalue weighted by molar-refractivity contribution is 0.559. The minimum absolute atomic E-state index is 0.138. The standard InChI is InChI=1S/C13H16FN3O2S/c1-10-8-12(14)9-11(2)13(10)20(18,19)16-5-7-17-6-3-4-15-17/h3-4,6,8-9,16H,5,7H2,1-2H3. The topological polar surface area (TPSA) is 64.0 Å². The average Bonchev–Trinajstić information content (AvgIpc) is 2.79. The van der Waals surface area contributed by atoms with Crippen LogP contribution < -0.4 is 4.72 Å². The van der Waals surface area contributed by atoms with E-state index in [1.165, 1.54) is 12.1 Å². The van der Waals surface area contributed by atoms with Crippen molar-refractivity contribution in [3.05, 3.63) is 47.5 Å². The van der Waals surface area contributed by atoms with E-state index in [-0.39, 0.29) is 11.4 Å². The van der Waals surface area contributed by atoms with Crippen molar-refractivity contribution >= 4 is 10.0 Å². The Morgan fingerprint density at radius 3 is 2.50 bits per heavy atom. The van der Waals surface area contributed by atoms with Crippen LogP contribution in [0.2, 0.25) is 0 Å². The molecular weight excluding hydrogens is 281 g/mol. The van der Waals surface area contributed by atoms with Gasteiger partial charge in [-0.05, 0) is 43.2 Å². The molecule has 0 aliphatic carbocycles. The number of sulfonamides is 1. The fourth-order valence-electron chi connectivity index (χ4n) is 2.12. The number of nitrogens with zero attached hydrogens (tertiary/aromatic N) is 2. The fraction of sp³-hybridized carbons (Fsp3) is 0.308. The van der Waals surface area contributed by atoms with Gasteiger partial charge in [0.2, 0.25) is 10.0 Å². The van der Waals surface area contributed by atoms with Crippen LogP contribution in [-0.4, -0.2) is 24.7 Å². The van der Waals surface area contributed by atoms with E-state index in [4.69, 9.17) is 0 Å². The van der Waals surface area contributed by atoms with Gasteiger partial charge in [0, 0.05) is 18.9 Å². The van der Waals surface area contributed by atoms with E-state index in [0.29, 0.717) is 17.7 Å². The molecule has 1 aromatic heterocycles. The molecule has 0 saturated heterocycles. The summed E-state index contributed by atoms with van der Waals surface area (Å²) in [5.74, 6) is -0.435. The van der Waals surface area contributed by atoms with Gasteiger partial charge in [0.15, 0.2) is 0 Å². The van der Waals surface area contributed by atoms with E-state index in [2.05, 4.69) is 9.82 Å². The van der Waals surface area contributed by atoms with Gasteiger partial charge in [-0.2, -0.15) is 5.10 Å². The molecule has 0 atom stereocenters. The predicted octanol–water partition coefficient (Wildman–Crippen LogP) is 1.62. The molecule has 2 rings (SSSR count). The van der Waals surface area contributed by atoms with Crippen LogP contribution in [0.4, 0.5) is 4.39 Å². The predicted molar refractivity (Wildman–Crippen MR) is 73.3 cm³/mol. The second-order valence-corrected chi connectivity index (χ2v) is 6.24. The zero-order valence-corrected chi connectivity index (χ0v) is 12.1. The molecule has 0 unspecified atom stereocenters. The van der Waals surface area contributed by atoms with E-state index in [9.17, 15) is 12.8 Å². The summed E-state index contributed by atoms with van der Waals surface area (Å²) in [5, 5.41) is 3.99. The molecule has 0 amide bonds. The Morgan fingerprint density at radius 2 is 1.95 bits per heavy atom. The SMILES string of the molecule is Cc1cc(F)cc(C)c1S(=O)(=O)NCCn1cccn1. The molecule has 0 aliphatic rings. The van der Waals surface area contributed by atoms with Gasteiger partial charge in [-0.1, -0.05) is 0 Å². The minimum atomic E-state index is -3.65. The van der Waals surface area contributed by atoms with Crippen LogP contribution in [0, 0.1) is 19.7 Å². The van der Waals surface area contributed by atoms with Crippen LogP contribution in [0.1, 0.15) is 11.1 Å². The first kappa shape index (κ1) is 14.7. The second kappa shape index (κ2) is 5.72. The van der Waals surface area contributed by atoms with Gasteiger partial charge < -0.3 is 0 Å². The normalized spacial score (nSPS) is 11.8. The van der Waals surface area contributed by atoms with Crippen LogP contribution in [0.25, 0.3) is 0 Å². The van der Waals surface area contributed by atoms with Crippen molar-refractivity contribution in [3.63, 3.8) is 0 Å². The number of aromatic nitrogens is 2. The molecule has 0 spiro atoms. The third kappa shape index (κ3) is 3.23. The highest BCUT2D eigenvalue weighted by atomic mass is 32.2. The lowest BCUT2D eigenvalue weighted by Gasteiger charge is -2.12. The summed E-state index contributed by atoms with van der Waals surface area (Å²) in [6, 6.07) is 4.20. The highest BCUT2D eigenvalue weighted by Crippen LogP contribution is 2.20. The molecule has 0 aliphatic heterocycles. The van der Waals surface area contributed by atoms with E-state index >= 15 is 0 Å². The van der Waals surface area contributed by atoms with Crippen LogP contribution in [0.3, 0.4) is 0 Å². The highest BCUT2D eigenvalue weighted by molar-refractivity contribution is 7.89. The van der Waals surface area contributed by atoms with Gasteiger partial charge in [-0.25, -0.2) is 17.5 Å². The molecule has 1 heterocycles. The third-order valence-electron chi connectivity index (χ3n) is 2.89. The molecule has 0 bridgehead atoms. The van der Waals surface area contributed by atoms with Crippen molar-refractivity contribution in [2.75, 3.05) is 6.54 Å². The van der Waals surface area contributed by atoms with Crippen molar-refractivity contribution in [1.29, 1.82) is 0 Å². The van der Waals surface area contributed by atoms with Gasteiger partial charge in [0.1, 0.15) is 5.82 Å². The monoisotopic (exact) mass is 297 g/mol. The maximum absolute atomic E-state index is 13.2. The first-order valence-electron chi connectivity index (χ1n) is 6.14. The summed E-state index contributed by atoms with van der Waals surface area (Å²) in [6.45, 7) is 3.82. The summed E-state index contributed by atoms with van der Waals surface area (Å²) in [6.07, 6.45) is 3.38. The van der Waals surface area contributed by atoms with Gasteiger partial charge >= 0.3 is 0 Å². The highest BCUT2D eigenvalue weighted by Gasteiger charge is 2.19. The van der Waals surface area contributed by atoms with Crippen molar-refractivity contribution in [2.45, 2.75) is 25.3 Å². The first-order chi connectivity index (χ1) is 9.40. The summed E-state index contributed by atoms with van der Waals surface area (Å²) >= 11 is 0. The maximum Gasteiger partial charge on any atom is 0.241 e. The Balaban J connectivity index is 2.14. The average molecular weight is 297 g/mol. The molecule has 5 nitrogen and oxygen atoms in total. The van der Waals surface area contributed by atoms with Crippen LogP contribution >= 0.6 is 0 Å². The van der Waals surface area contributed by atoms with E-state index < -0.39 is 15.8 Å². The molecular formula is C13H16FN3O2S. The summed E-state index contributed by atoms with van der Waals surface area (Å²) in [7, 11) is -3.65. The van der Waals surface area contributed by atoms with Crippen molar-refractivity contribution in [3.8, 4) is 0 Å². The van der Waals surface area contributed by atoms with Gasteiger partial charge in [-0.3, -0.25) is 4.68 Å². The molecule has 0 fully saturated rings. The fourth-order valence-corrected chi connectivity index (χ4v) is 3.59. The zero-order valence-electron chi connectivity index (χ0n) is 11.3. The molecule has 0 radical (unpaired) electrons. The number of benzene rings is 1. The number of hydrogen-bond acceptors (Lipinski definition) is 3. The van der Waals surface area contributed by atoms with Gasteiger partial charge in [-0.15, -0.1) is 0 Å². The summed E-state index contributed by atoms with van der Waals surface area (Å²) in [5.41, 5.74) is 0.795. The molecule has 7 heteroatoms. The number of aryl methyl sites for hydroxylation is 2. The van der Waals surface area contributed by atoms with Crippen molar-refractivity contribution in [1.82, 2.24) is 14.5 Å². The maximum atomic E-state index is 13.2. The van der Waals surface area contributed by atoms with Crippen LogP contribution in [0.5, 0.6) is 0 Å². The van der Waals surface area contributed by atoms with Gasteiger partial charge in [0.05, 0.1) is 11.4 Å². The molecule has 1 aromatic carbocycles. The molecule has 0 saturated carbocycles. The number of hydrogen-bond donors (Lipinski definition) is 1. The Kier molecular flexibility index (Phi) is 4.20. The van der Waals surface area contributed by atoms with E-state index in [0.717, 1.165) is 0 Å². The third-order valence-corrected chi connectivity index (χ3v) is 4.65. The Labute approximate surface area is 117 Å². The summed E-state index contributed by atoms with van der Waals surface area (Å²) < 4.78 is 41.8. The zero-order chi connectivity index (χ0) is 14.8. The Hall–Kier alpha value is -1.73. The van der Waals surface area contributed by atoms with Crippen molar-refractivity contribution in [2.24, 2.45) is 0 Å². The molecule has 1 N–H and O–H groups in total. The lowest BCUT2D eigenvalue weighted by atomic mass is 10.1. The summed E-state index contributed by atoms with van der Waals surface area (Å²) in [4.78, 5) is 0.138. The van der Waals surface area contributed by atoms with Crippen LogP contribution in [-0.2, 0) is 16.6 Å². The number of nitrogens with one attached hydrogen (secondary N) is 1. The van der Waals surface area contributed by atoms with Crippen LogP contribution in [0.15, 0.2) is 35.5 Å². The second-order valence-electron chi connectivity index (χ2n) is 4.54. The van der Waals surface area contributed by atoms with Crippen molar-refractivity contribution < 1.29 is 12.8 Å². The molecule has 2 aromatic rings. The van der Waals surface area contributed by atoms with E-state index in [1.807, 2.05) is 0 Å². The number of rotatable bonds is 5. The minimum Gasteiger partial charge on any atom is -0.271 e. The molecule has 20 heavy (non-hydrogen) atoms.